The van der Waals surface area contributed by atoms with Crippen molar-refractivity contribution in [2.75, 3.05) is 6.54 Å². The van der Waals surface area contributed by atoms with Crippen LogP contribution in [0.5, 0.6) is 0 Å². The van der Waals surface area contributed by atoms with Gasteiger partial charge in [0.15, 0.2) is 12.2 Å². The van der Waals surface area contributed by atoms with Gasteiger partial charge in [0.25, 0.3) is 0 Å². The highest BCUT2D eigenvalue weighted by Crippen LogP contribution is 2.30. The lowest BCUT2D eigenvalue weighted by Crippen LogP contribution is -2.44. The van der Waals surface area contributed by atoms with E-state index in [9.17, 15) is 5.11 Å². The van der Waals surface area contributed by atoms with E-state index in [1.165, 1.54) is 0 Å². The maximum Gasteiger partial charge on any atom is 0.184 e. The summed E-state index contributed by atoms with van der Waals surface area (Å²) < 4.78 is 0. The Balaban J connectivity index is 1.76. The predicted octanol–water partition coefficient (Wildman–Crippen LogP) is 0.00850. The third-order valence-electron chi connectivity index (χ3n) is 3.61. The number of nitrogens with two attached hydrogens (primary N) is 1. The zero-order valence-corrected chi connectivity index (χ0v) is 11.0. The topological polar surface area (TPSA) is 111 Å². The van der Waals surface area contributed by atoms with Gasteiger partial charge in [-0.3, -0.25) is 0 Å². The summed E-state index contributed by atoms with van der Waals surface area (Å²) in [4.78, 5) is 0. The van der Waals surface area contributed by atoms with Gasteiger partial charge >= 0.3 is 0 Å². The number of aliphatic hydroxyl groups is 3. The Bertz CT molecular complexity index is 373. The Labute approximate surface area is 113 Å². The Morgan fingerprint density at radius 3 is 2.63 bits per heavy atom. The average molecular weight is 269 g/mol. The Morgan fingerprint density at radius 1 is 1.37 bits per heavy atom. The molecule has 19 heavy (non-hydrogen) atoms. The van der Waals surface area contributed by atoms with Crippen LogP contribution in [0.1, 0.15) is 32.1 Å². The van der Waals surface area contributed by atoms with Crippen LogP contribution in [0, 0.1) is 5.92 Å². The summed E-state index contributed by atoms with van der Waals surface area (Å²) in [5, 5.41) is 33.2. The Morgan fingerprint density at radius 2 is 2.11 bits per heavy atom. The van der Waals surface area contributed by atoms with E-state index in [4.69, 9.17) is 15.9 Å². The van der Waals surface area contributed by atoms with Crippen LogP contribution in [0.4, 0.5) is 0 Å². The number of rotatable bonds is 6. The van der Waals surface area contributed by atoms with Crippen LogP contribution in [-0.2, 0) is 0 Å². The summed E-state index contributed by atoms with van der Waals surface area (Å²) in [7, 11) is 0. The smallest absolute Gasteiger partial charge is 0.184 e. The van der Waals surface area contributed by atoms with Crippen molar-refractivity contribution in [1.82, 2.24) is 10.6 Å². The summed E-state index contributed by atoms with van der Waals surface area (Å²) >= 11 is 0. The molecule has 7 N–H and O–H groups in total. The second kappa shape index (κ2) is 6.27. The van der Waals surface area contributed by atoms with E-state index < -0.39 is 6.29 Å². The van der Waals surface area contributed by atoms with Crippen LogP contribution in [0.15, 0.2) is 23.2 Å². The summed E-state index contributed by atoms with van der Waals surface area (Å²) in [6, 6.07) is 0. The molecule has 0 aromatic heterocycles. The molecule has 2 aliphatic carbocycles. The number of hydrogen-bond acceptors (Lipinski definition) is 6. The second-order valence-electron chi connectivity index (χ2n) is 5.25. The van der Waals surface area contributed by atoms with E-state index in [2.05, 4.69) is 10.6 Å². The number of nitrogens with one attached hydrogen (secondary N) is 2. The second-order valence-corrected chi connectivity index (χ2v) is 5.25. The quantitative estimate of drug-likeness (QED) is 0.299. The minimum atomic E-state index is -1.33. The normalized spacial score (nSPS) is 23.9. The summed E-state index contributed by atoms with van der Waals surface area (Å²) in [6.07, 6.45) is 4.97. The molecule has 0 radical (unpaired) electrons. The standard InChI is InChI=1S/C13H23N3O3/c14-12(16-13(19)9-1-2-9)8-3-5-10(6-4-8)15-7-11(17)18/h5,8,11-12,15-19H,1-4,6-7,14H2. The van der Waals surface area contributed by atoms with Crippen molar-refractivity contribution in [2.45, 2.75) is 44.6 Å². The average Bonchev–Trinajstić information content (AvgIpc) is 3.21. The minimum absolute atomic E-state index is 0.147. The first-order chi connectivity index (χ1) is 9.06. The van der Waals surface area contributed by atoms with Gasteiger partial charge in [-0.05, 0) is 43.6 Å². The molecule has 108 valence electrons. The van der Waals surface area contributed by atoms with Gasteiger partial charge < -0.3 is 31.7 Å². The first kappa shape index (κ1) is 14.2. The molecule has 0 bridgehead atoms. The zero-order chi connectivity index (χ0) is 13.8. The van der Waals surface area contributed by atoms with Crippen molar-refractivity contribution in [3.05, 3.63) is 23.2 Å². The molecule has 0 aromatic carbocycles. The fraction of sp³-hybridized carbons (Fsp3) is 0.692. The van der Waals surface area contributed by atoms with Crippen molar-refractivity contribution < 1.29 is 15.3 Å². The SMILES string of the molecule is NC(NC(O)=C1CC1)C1CC=C(NCC(O)O)CC1. The molecule has 2 atom stereocenters. The Hall–Kier alpha value is -1.24. The van der Waals surface area contributed by atoms with Gasteiger partial charge in [-0.15, -0.1) is 0 Å². The molecule has 2 aliphatic rings. The van der Waals surface area contributed by atoms with Crippen LogP contribution in [0.25, 0.3) is 0 Å². The van der Waals surface area contributed by atoms with E-state index >= 15 is 0 Å². The van der Waals surface area contributed by atoms with Crippen LogP contribution in [0.3, 0.4) is 0 Å². The van der Waals surface area contributed by atoms with Crippen LogP contribution in [-0.4, -0.2) is 34.3 Å². The minimum Gasteiger partial charge on any atom is -0.495 e. The lowest BCUT2D eigenvalue weighted by molar-refractivity contribution is -0.0358. The van der Waals surface area contributed by atoms with Gasteiger partial charge in [0.1, 0.15) is 0 Å². The highest BCUT2D eigenvalue weighted by Gasteiger charge is 2.24. The molecule has 2 rings (SSSR count). The number of hydrogen-bond donors (Lipinski definition) is 6. The van der Waals surface area contributed by atoms with Gasteiger partial charge in [0.05, 0.1) is 12.7 Å². The molecule has 1 saturated carbocycles. The monoisotopic (exact) mass is 269 g/mol. The van der Waals surface area contributed by atoms with E-state index in [-0.39, 0.29) is 24.5 Å². The molecule has 0 aliphatic heterocycles. The van der Waals surface area contributed by atoms with E-state index in [1.54, 1.807) is 0 Å². The summed E-state index contributed by atoms with van der Waals surface area (Å²) in [6.45, 7) is 0.147. The highest BCUT2D eigenvalue weighted by molar-refractivity contribution is 5.19. The molecule has 0 heterocycles. The van der Waals surface area contributed by atoms with Crippen LogP contribution >= 0.6 is 0 Å². The van der Waals surface area contributed by atoms with E-state index in [1.807, 2.05) is 6.08 Å². The molecule has 0 spiro atoms. The van der Waals surface area contributed by atoms with Gasteiger partial charge in [-0.1, -0.05) is 6.08 Å². The lowest BCUT2D eigenvalue weighted by atomic mass is 9.90. The van der Waals surface area contributed by atoms with Crippen molar-refractivity contribution in [3.8, 4) is 0 Å². The van der Waals surface area contributed by atoms with Gasteiger partial charge in [-0.2, -0.15) is 0 Å². The summed E-state index contributed by atoms with van der Waals surface area (Å²) in [5.74, 6) is 0.537. The molecule has 1 fully saturated rings. The molecule has 6 heteroatoms. The molecule has 2 unspecified atom stereocenters. The lowest BCUT2D eigenvalue weighted by Gasteiger charge is -2.28. The molecule has 6 nitrogen and oxygen atoms in total. The van der Waals surface area contributed by atoms with Crippen molar-refractivity contribution in [3.63, 3.8) is 0 Å². The Kier molecular flexibility index (Phi) is 4.68. The highest BCUT2D eigenvalue weighted by atomic mass is 16.5. The van der Waals surface area contributed by atoms with Gasteiger partial charge in [0.2, 0.25) is 0 Å². The molecule has 0 amide bonds. The largest absolute Gasteiger partial charge is 0.495 e. The van der Waals surface area contributed by atoms with Crippen molar-refractivity contribution in [2.24, 2.45) is 11.7 Å². The molecular formula is C13H23N3O3. The maximum atomic E-state index is 9.69. The zero-order valence-electron chi connectivity index (χ0n) is 11.0. The third-order valence-corrected chi connectivity index (χ3v) is 3.61. The van der Waals surface area contributed by atoms with E-state index in [0.717, 1.165) is 43.4 Å². The molecular weight excluding hydrogens is 246 g/mol. The van der Waals surface area contributed by atoms with Gasteiger partial charge in [-0.25, -0.2) is 0 Å². The third kappa shape index (κ3) is 4.41. The fourth-order valence-corrected chi connectivity index (χ4v) is 2.24. The van der Waals surface area contributed by atoms with E-state index in [0.29, 0.717) is 0 Å². The number of aliphatic hydroxyl groups excluding tert-OH is 2. The predicted molar refractivity (Wildman–Crippen MR) is 71.7 cm³/mol. The van der Waals surface area contributed by atoms with Crippen molar-refractivity contribution in [1.29, 1.82) is 0 Å². The van der Waals surface area contributed by atoms with Crippen LogP contribution < -0.4 is 16.4 Å². The molecule has 0 saturated heterocycles. The van der Waals surface area contributed by atoms with Crippen molar-refractivity contribution >= 4 is 0 Å². The van der Waals surface area contributed by atoms with Gasteiger partial charge in [0, 0.05) is 5.70 Å². The maximum absolute atomic E-state index is 9.69. The summed E-state index contributed by atoms with van der Waals surface area (Å²) in [5.41, 5.74) is 8.13. The van der Waals surface area contributed by atoms with Crippen LogP contribution in [0.2, 0.25) is 0 Å². The first-order valence-electron chi connectivity index (χ1n) is 6.78. The fourth-order valence-electron chi connectivity index (χ4n) is 2.24. The molecule has 0 aromatic rings. The first-order valence-corrected chi connectivity index (χ1v) is 6.78. The number of allylic oxidation sites excluding steroid dienone is 3.